The molecule has 1 aromatic heterocycles. The van der Waals surface area contributed by atoms with E-state index in [0.29, 0.717) is 18.4 Å². The lowest BCUT2D eigenvalue weighted by atomic mass is 10.0. The van der Waals surface area contributed by atoms with Crippen LogP contribution in [0.4, 0.5) is 4.79 Å². The summed E-state index contributed by atoms with van der Waals surface area (Å²) in [6.07, 6.45) is 3.12. The predicted molar refractivity (Wildman–Crippen MR) is 89.7 cm³/mol. The van der Waals surface area contributed by atoms with Crippen LogP contribution in [0.1, 0.15) is 64.7 Å². The van der Waals surface area contributed by atoms with E-state index >= 15 is 0 Å². The highest BCUT2D eigenvalue weighted by Gasteiger charge is 2.26. The molecule has 0 aliphatic rings. The number of rotatable bonds is 6. The van der Waals surface area contributed by atoms with Gasteiger partial charge in [-0.3, -0.25) is 4.98 Å². The summed E-state index contributed by atoms with van der Waals surface area (Å²) in [6.45, 7) is 10.8. The van der Waals surface area contributed by atoms with Crippen molar-refractivity contribution in [3.05, 3.63) is 30.1 Å². The van der Waals surface area contributed by atoms with Gasteiger partial charge < -0.3 is 14.2 Å². The number of aromatic nitrogens is 1. The van der Waals surface area contributed by atoms with Gasteiger partial charge in [-0.25, -0.2) is 9.59 Å². The maximum absolute atomic E-state index is 12.1. The molecular formula is C18H27NO5. The van der Waals surface area contributed by atoms with Crippen molar-refractivity contribution < 1.29 is 23.8 Å². The van der Waals surface area contributed by atoms with E-state index in [1.54, 1.807) is 46.0 Å². The number of ether oxygens (including phenoxy) is 3. The fraction of sp³-hybridized carbons (Fsp3) is 0.611. The summed E-state index contributed by atoms with van der Waals surface area (Å²) < 4.78 is 15.8. The third-order valence-electron chi connectivity index (χ3n) is 3.11. The molecule has 1 unspecified atom stereocenters. The van der Waals surface area contributed by atoms with Gasteiger partial charge in [-0.2, -0.15) is 0 Å². The van der Waals surface area contributed by atoms with Crippen LogP contribution < -0.4 is 0 Å². The van der Waals surface area contributed by atoms with Crippen LogP contribution in [0.3, 0.4) is 0 Å². The molecular weight excluding hydrogens is 310 g/mol. The van der Waals surface area contributed by atoms with Gasteiger partial charge >= 0.3 is 12.1 Å². The van der Waals surface area contributed by atoms with Crippen molar-refractivity contribution >= 4 is 12.1 Å². The molecule has 1 heterocycles. The number of carbonyl (C=O) groups is 2. The number of carbonyl (C=O) groups excluding carboxylic acids is 2. The molecule has 24 heavy (non-hydrogen) atoms. The molecule has 0 N–H and O–H groups in total. The van der Waals surface area contributed by atoms with Gasteiger partial charge in [0.1, 0.15) is 17.3 Å². The average molecular weight is 337 g/mol. The van der Waals surface area contributed by atoms with E-state index in [2.05, 4.69) is 4.98 Å². The van der Waals surface area contributed by atoms with E-state index in [0.717, 1.165) is 0 Å². The molecule has 0 saturated carbocycles. The summed E-state index contributed by atoms with van der Waals surface area (Å²) in [5.74, 6) is -0.422. The van der Waals surface area contributed by atoms with Crippen LogP contribution in [0.5, 0.6) is 0 Å². The second-order valence-electron chi connectivity index (χ2n) is 7.32. The van der Waals surface area contributed by atoms with Crippen molar-refractivity contribution in [2.45, 2.75) is 71.7 Å². The normalized spacial score (nSPS) is 13.1. The largest absolute Gasteiger partial charge is 0.509 e. The van der Waals surface area contributed by atoms with Crippen molar-refractivity contribution in [1.29, 1.82) is 0 Å². The Bertz CT molecular complexity index is 548. The Hall–Kier alpha value is -2.11. The lowest BCUT2D eigenvalue weighted by Gasteiger charge is -2.27. The molecule has 0 bridgehead atoms. The van der Waals surface area contributed by atoms with Crippen molar-refractivity contribution in [2.75, 3.05) is 0 Å². The molecule has 0 fully saturated rings. The standard InChI is InChI=1S/C18H27NO5/c1-13(22-16(21)24-17(2,3)4)9-10-18(5,6)23-15(20)14-8-7-11-19-12-14/h7-8,11-13H,9-10H2,1-6H3. The topological polar surface area (TPSA) is 74.7 Å². The zero-order valence-corrected chi connectivity index (χ0v) is 15.3. The first-order valence-corrected chi connectivity index (χ1v) is 8.01. The van der Waals surface area contributed by atoms with E-state index in [1.807, 2.05) is 13.8 Å². The Labute approximate surface area is 143 Å². The minimum Gasteiger partial charge on any atom is -0.456 e. The van der Waals surface area contributed by atoms with Crippen LogP contribution in [0.25, 0.3) is 0 Å². The third kappa shape index (κ3) is 7.94. The third-order valence-corrected chi connectivity index (χ3v) is 3.11. The van der Waals surface area contributed by atoms with Crippen molar-refractivity contribution in [3.8, 4) is 0 Å². The highest BCUT2D eigenvalue weighted by atomic mass is 16.7. The van der Waals surface area contributed by atoms with Gasteiger partial charge in [-0.1, -0.05) is 0 Å². The summed E-state index contributed by atoms with van der Waals surface area (Å²) in [5, 5.41) is 0. The summed E-state index contributed by atoms with van der Waals surface area (Å²) in [5.41, 5.74) is -0.864. The van der Waals surface area contributed by atoms with Gasteiger partial charge in [0.05, 0.1) is 5.56 Å². The second-order valence-corrected chi connectivity index (χ2v) is 7.32. The van der Waals surface area contributed by atoms with Gasteiger partial charge in [0.25, 0.3) is 0 Å². The molecule has 0 spiro atoms. The zero-order valence-electron chi connectivity index (χ0n) is 15.3. The van der Waals surface area contributed by atoms with Crippen LogP contribution >= 0.6 is 0 Å². The summed E-state index contributed by atoms with van der Waals surface area (Å²) in [7, 11) is 0. The molecule has 6 heteroatoms. The van der Waals surface area contributed by atoms with Crippen molar-refractivity contribution in [3.63, 3.8) is 0 Å². The fourth-order valence-electron chi connectivity index (χ4n) is 1.89. The Morgan fingerprint density at radius 2 is 1.83 bits per heavy atom. The molecule has 1 aromatic rings. The van der Waals surface area contributed by atoms with Crippen molar-refractivity contribution in [2.24, 2.45) is 0 Å². The SMILES string of the molecule is CC(CCC(C)(C)OC(=O)c1cccnc1)OC(=O)OC(C)(C)C. The zero-order chi connectivity index (χ0) is 18.4. The maximum atomic E-state index is 12.1. The summed E-state index contributed by atoms with van der Waals surface area (Å²) in [6, 6.07) is 3.33. The minimum absolute atomic E-state index is 0.337. The highest BCUT2D eigenvalue weighted by Crippen LogP contribution is 2.21. The Kier molecular flexibility index (Phi) is 6.75. The first-order chi connectivity index (χ1) is 11.0. The predicted octanol–water partition coefficient (Wildman–Crippen LogP) is 4.14. The van der Waals surface area contributed by atoms with Gasteiger partial charge in [-0.05, 0) is 66.5 Å². The van der Waals surface area contributed by atoms with Gasteiger partial charge in [0, 0.05) is 12.4 Å². The number of nitrogens with zero attached hydrogens (tertiary/aromatic N) is 1. The van der Waals surface area contributed by atoms with Crippen LogP contribution in [0.2, 0.25) is 0 Å². The summed E-state index contributed by atoms with van der Waals surface area (Å²) in [4.78, 5) is 27.6. The molecule has 0 saturated heterocycles. The van der Waals surface area contributed by atoms with Crippen LogP contribution in [-0.4, -0.2) is 34.4 Å². The molecule has 1 atom stereocenters. The molecule has 0 aliphatic heterocycles. The van der Waals surface area contributed by atoms with Gasteiger partial charge in [-0.15, -0.1) is 0 Å². The van der Waals surface area contributed by atoms with Crippen LogP contribution in [-0.2, 0) is 14.2 Å². The van der Waals surface area contributed by atoms with E-state index in [1.165, 1.54) is 6.20 Å². The Morgan fingerprint density at radius 3 is 2.38 bits per heavy atom. The van der Waals surface area contributed by atoms with Crippen LogP contribution in [0, 0.1) is 0 Å². The fourth-order valence-corrected chi connectivity index (χ4v) is 1.89. The van der Waals surface area contributed by atoms with E-state index < -0.39 is 23.3 Å². The summed E-state index contributed by atoms with van der Waals surface area (Å²) >= 11 is 0. The quantitative estimate of drug-likeness (QED) is 0.726. The first kappa shape index (κ1) is 19.9. The molecule has 0 radical (unpaired) electrons. The van der Waals surface area contributed by atoms with Crippen LogP contribution in [0.15, 0.2) is 24.5 Å². The lowest BCUT2D eigenvalue weighted by Crippen LogP contribution is -2.31. The lowest BCUT2D eigenvalue weighted by molar-refractivity contribution is -0.0354. The Morgan fingerprint density at radius 1 is 1.17 bits per heavy atom. The molecule has 0 amide bonds. The van der Waals surface area contributed by atoms with Crippen molar-refractivity contribution in [1.82, 2.24) is 4.98 Å². The second kappa shape index (κ2) is 8.13. The number of hydrogen-bond acceptors (Lipinski definition) is 6. The molecule has 0 aromatic carbocycles. The monoisotopic (exact) mass is 337 g/mol. The highest BCUT2D eigenvalue weighted by molar-refractivity contribution is 5.89. The molecule has 0 aliphatic carbocycles. The van der Waals surface area contributed by atoms with E-state index in [4.69, 9.17) is 14.2 Å². The maximum Gasteiger partial charge on any atom is 0.509 e. The molecule has 134 valence electrons. The Balaban J connectivity index is 2.44. The minimum atomic E-state index is -0.694. The smallest absolute Gasteiger partial charge is 0.456 e. The average Bonchev–Trinajstić information content (AvgIpc) is 2.43. The number of hydrogen-bond donors (Lipinski definition) is 0. The van der Waals surface area contributed by atoms with Gasteiger partial charge in [0.15, 0.2) is 0 Å². The molecule has 6 nitrogen and oxygen atoms in total. The van der Waals surface area contributed by atoms with E-state index in [9.17, 15) is 9.59 Å². The number of esters is 1. The number of pyridine rings is 1. The first-order valence-electron chi connectivity index (χ1n) is 8.01. The van der Waals surface area contributed by atoms with E-state index in [-0.39, 0.29) is 6.10 Å². The van der Waals surface area contributed by atoms with Gasteiger partial charge in [0.2, 0.25) is 0 Å². The molecule has 1 rings (SSSR count).